The molecule has 1 aliphatic heterocycles. The van der Waals surface area contributed by atoms with Crippen molar-refractivity contribution in [2.45, 2.75) is 84.1 Å². The quantitative estimate of drug-likeness (QED) is 0.316. The molecule has 1 N–H and O–H groups in total. The van der Waals surface area contributed by atoms with Gasteiger partial charge in [0.05, 0.1) is 13.0 Å². The molecule has 1 heterocycles. The summed E-state index contributed by atoms with van der Waals surface area (Å²) in [6, 6.07) is 6.71. The number of benzene rings is 1. The van der Waals surface area contributed by atoms with E-state index in [1.165, 1.54) is 42.6 Å². The Balaban J connectivity index is 1.72. The van der Waals surface area contributed by atoms with Gasteiger partial charge in [0.2, 0.25) is 5.91 Å². The molecule has 1 fully saturated rings. The Hall–Kier alpha value is -2.57. The van der Waals surface area contributed by atoms with Crippen LogP contribution in [0.15, 0.2) is 24.3 Å². The van der Waals surface area contributed by atoms with Gasteiger partial charge in [-0.05, 0) is 30.5 Å². The third kappa shape index (κ3) is 9.84. The van der Waals surface area contributed by atoms with E-state index in [0.29, 0.717) is 25.4 Å². The first-order valence-electron chi connectivity index (χ1n) is 12.5. The van der Waals surface area contributed by atoms with E-state index < -0.39 is 12.0 Å². The van der Waals surface area contributed by atoms with Gasteiger partial charge in [0.1, 0.15) is 11.8 Å². The number of ether oxygens (including phenoxy) is 2. The van der Waals surface area contributed by atoms with Crippen LogP contribution in [0.2, 0.25) is 0 Å². The number of rotatable bonds is 15. The highest BCUT2D eigenvalue weighted by Gasteiger charge is 2.35. The molecule has 0 radical (unpaired) electrons. The molecule has 1 aromatic carbocycles. The minimum atomic E-state index is -0.858. The summed E-state index contributed by atoms with van der Waals surface area (Å²) in [5, 5.41) is 2.73. The maximum Gasteiger partial charge on any atom is 0.308 e. The molecule has 184 valence electrons. The number of aryl methyl sites for hydroxylation is 1. The maximum atomic E-state index is 12.7. The monoisotopic (exact) mass is 460 g/mol. The van der Waals surface area contributed by atoms with Crippen molar-refractivity contribution in [2.75, 3.05) is 26.3 Å². The van der Waals surface area contributed by atoms with Gasteiger partial charge in [-0.1, -0.05) is 70.9 Å². The number of nitrogens with one attached hydrogen (secondary N) is 1. The predicted molar refractivity (Wildman–Crippen MR) is 128 cm³/mol. The van der Waals surface area contributed by atoms with Gasteiger partial charge in [-0.25, -0.2) is 0 Å². The number of amides is 2. The largest absolute Gasteiger partial charge is 0.484 e. The second kappa shape index (κ2) is 15.3. The van der Waals surface area contributed by atoms with Gasteiger partial charge in [-0.3, -0.25) is 14.4 Å². The molecule has 0 saturated carbocycles. The molecule has 0 bridgehead atoms. The van der Waals surface area contributed by atoms with Gasteiger partial charge in [0.25, 0.3) is 5.91 Å². The van der Waals surface area contributed by atoms with Crippen molar-refractivity contribution in [2.24, 2.45) is 0 Å². The lowest BCUT2D eigenvalue weighted by Crippen LogP contribution is -2.58. The minimum Gasteiger partial charge on any atom is -0.484 e. The highest BCUT2D eigenvalue weighted by atomic mass is 16.5. The van der Waals surface area contributed by atoms with Gasteiger partial charge in [-0.2, -0.15) is 0 Å². The molecule has 7 heteroatoms. The summed E-state index contributed by atoms with van der Waals surface area (Å²) >= 11 is 0. The van der Waals surface area contributed by atoms with E-state index in [0.717, 1.165) is 25.7 Å². The fourth-order valence-electron chi connectivity index (χ4n) is 3.90. The van der Waals surface area contributed by atoms with E-state index >= 15 is 0 Å². The van der Waals surface area contributed by atoms with E-state index in [2.05, 4.69) is 19.2 Å². The van der Waals surface area contributed by atoms with Crippen LogP contribution in [-0.4, -0.2) is 55.0 Å². The number of nitrogens with zero attached hydrogens (tertiary/aromatic N) is 1. The number of hydrogen-bond acceptors (Lipinski definition) is 5. The second-order valence-corrected chi connectivity index (χ2v) is 8.58. The molecule has 1 atom stereocenters. The highest BCUT2D eigenvalue weighted by molar-refractivity contribution is 5.92. The maximum absolute atomic E-state index is 12.7. The van der Waals surface area contributed by atoms with E-state index in [-0.39, 0.29) is 24.8 Å². The topological polar surface area (TPSA) is 84.9 Å². The van der Waals surface area contributed by atoms with E-state index in [1.807, 2.05) is 24.3 Å². The second-order valence-electron chi connectivity index (χ2n) is 8.58. The Morgan fingerprint density at radius 1 is 1.00 bits per heavy atom. The summed E-state index contributed by atoms with van der Waals surface area (Å²) in [6.45, 7) is 5.16. The normalized spacial score (nSPS) is 15.8. The standard InChI is InChI=1S/C26H40N2O5/c1-3-5-6-7-8-9-10-11-18-32-25(30)19-23-26(31)27-16-17-28(23)24(29)20-33-22-14-12-21(4-2)13-15-22/h12-15,23H,3-11,16-20H2,1-2H3,(H,27,31). The first-order chi connectivity index (χ1) is 16.0. The molecule has 2 rings (SSSR count). The van der Waals surface area contributed by atoms with Crippen LogP contribution in [-0.2, 0) is 25.5 Å². The van der Waals surface area contributed by atoms with Crippen molar-refractivity contribution in [3.63, 3.8) is 0 Å². The van der Waals surface area contributed by atoms with Gasteiger partial charge >= 0.3 is 5.97 Å². The lowest BCUT2D eigenvalue weighted by atomic mass is 10.1. The fraction of sp³-hybridized carbons (Fsp3) is 0.654. The number of piperazine rings is 1. The minimum absolute atomic E-state index is 0.139. The van der Waals surface area contributed by atoms with Crippen molar-refractivity contribution in [3.05, 3.63) is 29.8 Å². The Kier molecular flexibility index (Phi) is 12.4. The molecule has 0 aliphatic carbocycles. The Labute approximate surface area is 198 Å². The summed E-state index contributed by atoms with van der Waals surface area (Å²) in [5.41, 5.74) is 1.19. The summed E-state index contributed by atoms with van der Waals surface area (Å²) in [5.74, 6) is -0.492. The third-order valence-corrected chi connectivity index (χ3v) is 5.97. The molecule has 1 unspecified atom stereocenters. The van der Waals surface area contributed by atoms with Crippen LogP contribution in [0.1, 0.15) is 77.2 Å². The summed E-state index contributed by atoms with van der Waals surface area (Å²) < 4.78 is 10.9. The average molecular weight is 461 g/mol. The van der Waals surface area contributed by atoms with Crippen LogP contribution in [0.4, 0.5) is 0 Å². The fourth-order valence-corrected chi connectivity index (χ4v) is 3.90. The molecule has 2 amide bonds. The first kappa shape index (κ1) is 26.7. The van der Waals surface area contributed by atoms with Crippen molar-refractivity contribution in [1.82, 2.24) is 10.2 Å². The van der Waals surface area contributed by atoms with Crippen LogP contribution in [0.3, 0.4) is 0 Å². The lowest BCUT2D eigenvalue weighted by molar-refractivity contribution is -0.152. The summed E-state index contributed by atoms with van der Waals surface area (Å²) in [7, 11) is 0. The number of hydrogen-bond donors (Lipinski definition) is 1. The van der Waals surface area contributed by atoms with Crippen LogP contribution in [0.25, 0.3) is 0 Å². The van der Waals surface area contributed by atoms with Gasteiger partial charge in [-0.15, -0.1) is 0 Å². The molecule has 33 heavy (non-hydrogen) atoms. The highest BCUT2D eigenvalue weighted by Crippen LogP contribution is 2.15. The molecule has 1 aromatic rings. The number of carbonyl (C=O) groups excluding carboxylic acids is 3. The van der Waals surface area contributed by atoms with Crippen LogP contribution < -0.4 is 10.1 Å². The van der Waals surface area contributed by atoms with Gasteiger partial charge < -0.3 is 19.7 Å². The molecule has 7 nitrogen and oxygen atoms in total. The Bertz CT molecular complexity index is 735. The number of carbonyl (C=O) groups is 3. The van der Waals surface area contributed by atoms with Crippen molar-refractivity contribution >= 4 is 17.8 Å². The van der Waals surface area contributed by atoms with Crippen molar-refractivity contribution in [1.29, 1.82) is 0 Å². The van der Waals surface area contributed by atoms with Crippen LogP contribution in [0, 0.1) is 0 Å². The molecule has 1 aliphatic rings. The smallest absolute Gasteiger partial charge is 0.308 e. The third-order valence-electron chi connectivity index (χ3n) is 5.97. The first-order valence-corrected chi connectivity index (χ1v) is 12.5. The average Bonchev–Trinajstić information content (AvgIpc) is 2.83. The Morgan fingerprint density at radius 2 is 1.67 bits per heavy atom. The van der Waals surface area contributed by atoms with Crippen molar-refractivity contribution in [3.8, 4) is 5.75 Å². The zero-order chi connectivity index (χ0) is 23.9. The number of esters is 1. The molecular formula is C26H40N2O5. The zero-order valence-electron chi connectivity index (χ0n) is 20.3. The number of unbranched alkanes of at least 4 members (excludes halogenated alkanes) is 7. The van der Waals surface area contributed by atoms with E-state index in [9.17, 15) is 14.4 Å². The van der Waals surface area contributed by atoms with Crippen molar-refractivity contribution < 1.29 is 23.9 Å². The van der Waals surface area contributed by atoms with Gasteiger partial charge in [0, 0.05) is 13.1 Å². The predicted octanol–water partition coefficient (Wildman–Crippen LogP) is 4.03. The molecule has 0 spiro atoms. The molecular weight excluding hydrogens is 420 g/mol. The Morgan fingerprint density at radius 3 is 2.33 bits per heavy atom. The SMILES string of the molecule is CCCCCCCCCCOC(=O)CC1C(=O)NCCN1C(=O)COc1ccc(CC)cc1. The van der Waals surface area contributed by atoms with E-state index in [4.69, 9.17) is 9.47 Å². The van der Waals surface area contributed by atoms with Crippen LogP contribution in [0.5, 0.6) is 5.75 Å². The van der Waals surface area contributed by atoms with Crippen LogP contribution >= 0.6 is 0 Å². The molecule has 0 aromatic heterocycles. The molecule has 1 saturated heterocycles. The summed E-state index contributed by atoms with van der Waals surface area (Å²) in [6.07, 6.45) is 10.1. The summed E-state index contributed by atoms with van der Waals surface area (Å²) in [4.78, 5) is 38.8. The van der Waals surface area contributed by atoms with Gasteiger partial charge in [0.15, 0.2) is 6.61 Å². The zero-order valence-corrected chi connectivity index (χ0v) is 20.3. The lowest BCUT2D eigenvalue weighted by Gasteiger charge is -2.34. The van der Waals surface area contributed by atoms with E-state index in [1.54, 1.807) is 0 Å².